The zero-order valence-electron chi connectivity index (χ0n) is 14.9. The second-order valence-corrected chi connectivity index (χ2v) is 6.26. The van der Waals surface area contributed by atoms with Crippen LogP contribution in [0.4, 0.5) is 0 Å². The van der Waals surface area contributed by atoms with Gasteiger partial charge in [0.05, 0.1) is 0 Å². The number of aryl methyl sites for hydroxylation is 1. The summed E-state index contributed by atoms with van der Waals surface area (Å²) in [4.78, 5) is 24.4. The normalized spacial score (nSPS) is 11.3. The minimum atomic E-state index is -1.23. The Morgan fingerprint density at radius 2 is 1.59 bits per heavy atom. The van der Waals surface area contributed by atoms with E-state index in [-0.39, 0.29) is 5.57 Å². The quantitative estimate of drug-likeness (QED) is 0.208. The first-order valence-corrected chi connectivity index (χ1v) is 8.90. The number of Topliss-reactive ketones (excluding diaryl/α,β-unsaturated/α-hetero) is 1. The number of carbonyl (C=O) groups is 2. The lowest BCUT2D eigenvalue weighted by molar-refractivity contribution is -0.132. The van der Waals surface area contributed by atoms with Gasteiger partial charge < -0.3 is 10.4 Å². The molecule has 0 bridgehead atoms. The first kappa shape index (κ1) is 18.4. The van der Waals surface area contributed by atoms with Crippen LogP contribution in [0.3, 0.4) is 0 Å². The zero-order valence-corrected chi connectivity index (χ0v) is 14.9. The molecule has 0 aliphatic heterocycles. The third kappa shape index (κ3) is 4.61. The summed E-state index contributed by atoms with van der Waals surface area (Å²) in [7, 11) is 0. The second kappa shape index (κ2) is 8.81. The molecule has 3 rings (SSSR count). The molecular formula is C23H21NO3. The van der Waals surface area contributed by atoms with Crippen molar-refractivity contribution in [1.82, 2.24) is 5.32 Å². The second-order valence-electron chi connectivity index (χ2n) is 6.26. The Kier molecular flexibility index (Phi) is 6.00. The molecule has 4 nitrogen and oxygen atoms in total. The predicted octanol–water partition coefficient (Wildman–Crippen LogP) is 4.21. The molecule has 3 aromatic rings. The van der Waals surface area contributed by atoms with Gasteiger partial charge in [0, 0.05) is 18.3 Å². The molecule has 0 saturated carbocycles. The first-order chi connectivity index (χ1) is 13.2. The molecule has 3 aromatic carbocycles. The molecule has 0 atom stereocenters. The summed E-state index contributed by atoms with van der Waals surface area (Å²) < 4.78 is 0. The summed E-state index contributed by atoms with van der Waals surface area (Å²) in [5, 5.41) is 14.1. The maximum Gasteiger partial charge on any atom is 0.341 e. The first-order valence-electron chi connectivity index (χ1n) is 8.90. The minimum absolute atomic E-state index is 0.258. The summed E-state index contributed by atoms with van der Waals surface area (Å²) in [6, 6.07) is 22.9. The monoisotopic (exact) mass is 359 g/mol. The Bertz CT molecular complexity index is 972. The van der Waals surface area contributed by atoms with Crippen LogP contribution in [0.25, 0.3) is 10.8 Å². The van der Waals surface area contributed by atoms with E-state index in [1.807, 2.05) is 48.5 Å². The van der Waals surface area contributed by atoms with Gasteiger partial charge in [0.15, 0.2) is 0 Å². The van der Waals surface area contributed by atoms with E-state index < -0.39 is 11.8 Å². The Morgan fingerprint density at radius 3 is 2.37 bits per heavy atom. The van der Waals surface area contributed by atoms with Crippen LogP contribution < -0.4 is 5.32 Å². The van der Waals surface area contributed by atoms with Crippen molar-refractivity contribution >= 4 is 22.5 Å². The molecule has 27 heavy (non-hydrogen) atoms. The molecule has 0 saturated heterocycles. The third-order valence-corrected chi connectivity index (χ3v) is 4.39. The standard InChI is InChI=1S/C23H21NO3/c25-22(20-14-6-12-18-11-4-5-13-19(18)20)21(23(26)27)16-24-15-7-10-17-8-2-1-3-9-17/h1-6,8-9,11-14,16,24H,7,10,15H2,(H,26,27). The number of fused-ring (bicyclic) bond motifs is 1. The van der Waals surface area contributed by atoms with Gasteiger partial charge in [-0.2, -0.15) is 0 Å². The maximum absolute atomic E-state index is 12.8. The highest BCUT2D eigenvalue weighted by Gasteiger charge is 2.20. The van der Waals surface area contributed by atoms with E-state index in [4.69, 9.17) is 0 Å². The largest absolute Gasteiger partial charge is 0.477 e. The van der Waals surface area contributed by atoms with Gasteiger partial charge in [-0.05, 0) is 29.2 Å². The molecule has 0 aromatic heterocycles. The molecule has 0 aliphatic carbocycles. The lowest BCUT2D eigenvalue weighted by atomic mass is 9.97. The fraction of sp³-hybridized carbons (Fsp3) is 0.130. The molecule has 0 fully saturated rings. The molecule has 0 spiro atoms. The van der Waals surface area contributed by atoms with Crippen molar-refractivity contribution in [2.75, 3.05) is 6.54 Å². The van der Waals surface area contributed by atoms with Gasteiger partial charge in [0.25, 0.3) is 0 Å². The number of hydrogen-bond acceptors (Lipinski definition) is 3. The Labute approximate surface area is 158 Å². The number of carboxylic acids is 1. The number of carboxylic acid groups (broad SMARTS) is 1. The van der Waals surface area contributed by atoms with Gasteiger partial charge in [-0.3, -0.25) is 4.79 Å². The summed E-state index contributed by atoms with van der Waals surface area (Å²) in [5.41, 5.74) is 1.37. The fourth-order valence-electron chi connectivity index (χ4n) is 3.01. The van der Waals surface area contributed by atoms with Crippen LogP contribution in [0, 0.1) is 0 Å². The van der Waals surface area contributed by atoms with Gasteiger partial charge >= 0.3 is 5.97 Å². The fourth-order valence-corrected chi connectivity index (χ4v) is 3.01. The molecular weight excluding hydrogens is 338 g/mol. The number of rotatable bonds is 8. The molecule has 136 valence electrons. The number of carbonyl (C=O) groups excluding carboxylic acids is 1. The van der Waals surface area contributed by atoms with E-state index in [2.05, 4.69) is 17.4 Å². The average molecular weight is 359 g/mol. The van der Waals surface area contributed by atoms with Gasteiger partial charge in [-0.1, -0.05) is 72.8 Å². The third-order valence-electron chi connectivity index (χ3n) is 4.39. The highest BCUT2D eigenvalue weighted by molar-refractivity contribution is 6.27. The summed E-state index contributed by atoms with van der Waals surface area (Å²) in [6.45, 7) is 0.592. The van der Waals surface area contributed by atoms with E-state index in [1.165, 1.54) is 11.8 Å². The van der Waals surface area contributed by atoms with Crippen molar-refractivity contribution < 1.29 is 14.7 Å². The summed E-state index contributed by atoms with van der Waals surface area (Å²) >= 11 is 0. The van der Waals surface area contributed by atoms with Crippen molar-refractivity contribution in [2.24, 2.45) is 0 Å². The number of aliphatic carboxylic acids is 1. The molecule has 0 heterocycles. The summed E-state index contributed by atoms with van der Waals surface area (Å²) in [6.07, 6.45) is 3.05. The number of hydrogen-bond donors (Lipinski definition) is 2. The van der Waals surface area contributed by atoms with Crippen LogP contribution in [-0.4, -0.2) is 23.4 Å². The van der Waals surface area contributed by atoms with E-state index in [0.29, 0.717) is 12.1 Å². The summed E-state index contributed by atoms with van der Waals surface area (Å²) in [5.74, 6) is -1.72. The maximum atomic E-state index is 12.8. The predicted molar refractivity (Wildman–Crippen MR) is 107 cm³/mol. The highest BCUT2D eigenvalue weighted by Crippen LogP contribution is 2.21. The van der Waals surface area contributed by atoms with Crippen LogP contribution in [0.1, 0.15) is 22.3 Å². The zero-order chi connectivity index (χ0) is 19.1. The Hall–Kier alpha value is -3.40. The smallest absolute Gasteiger partial charge is 0.341 e. The Morgan fingerprint density at radius 1 is 0.889 bits per heavy atom. The van der Waals surface area contributed by atoms with Gasteiger partial charge in [0.2, 0.25) is 5.78 Å². The molecule has 0 aliphatic rings. The SMILES string of the molecule is O=C(O)C(=CNCCCc1ccccc1)C(=O)c1cccc2ccccc12. The molecule has 2 N–H and O–H groups in total. The molecule has 0 amide bonds. The van der Waals surface area contributed by atoms with Crippen molar-refractivity contribution in [2.45, 2.75) is 12.8 Å². The van der Waals surface area contributed by atoms with Crippen molar-refractivity contribution in [1.29, 1.82) is 0 Å². The topological polar surface area (TPSA) is 66.4 Å². The number of nitrogens with one attached hydrogen (secondary N) is 1. The molecule has 0 radical (unpaired) electrons. The van der Waals surface area contributed by atoms with E-state index >= 15 is 0 Å². The number of ketones is 1. The average Bonchev–Trinajstić information content (AvgIpc) is 2.70. The lowest BCUT2D eigenvalue weighted by Gasteiger charge is -2.08. The van der Waals surface area contributed by atoms with Crippen molar-refractivity contribution in [3.63, 3.8) is 0 Å². The van der Waals surface area contributed by atoms with Gasteiger partial charge in [0.1, 0.15) is 5.57 Å². The van der Waals surface area contributed by atoms with Crippen LogP contribution in [-0.2, 0) is 11.2 Å². The van der Waals surface area contributed by atoms with Crippen LogP contribution in [0.15, 0.2) is 84.6 Å². The van der Waals surface area contributed by atoms with Crippen LogP contribution in [0.5, 0.6) is 0 Å². The number of benzene rings is 3. The van der Waals surface area contributed by atoms with E-state index in [0.717, 1.165) is 23.6 Å². The lowest BCUT2D eigenvalue weighted by Crippen LogP contribution is -2.18. The van der Waals surface area contributed by atoms with Crippen LogP contribution in [0.2, 0.25) is 0 Å². The van der Waals surface area contributed by atoms with Crippen LogP contribution >= 0.6 is 0 Å². The van der Waals surface area contributed by atoms with E-state index in [1.54, 1.807) is 12.1 Å². The minimum Gasteiger partial charge on any atom is -0.477 e. The Balaban J connectivity index is 1.70. The van der Waals surface area contributed by atoms with Gasteiger partial charge in [-0.25, -0.2) is 4.79 Å². The van der Waals surface area contributed by atoms with Crippen molar-refractivity contribution in [3.8, 4) is 0 Å². The van der Waals surface area contributed by atoms with Gasteiger partial charge in [-0.15, -0.1) is 0 Å². The molecule has 0 unspecified atom stereocenters. The van der Waals surface area contributed by atoms with Crippen molar-refractivity contribution in [3.05, 3.63) is 95.7 Å². The van der Waals surface area contributed by atoms with E-state index in [9.17, 15) is 14.7 Å². The highest BCUT2D eigenvalue weighted by atomic mass is 16.4. The molecule has 4 heteroatoms.